The van der Waals surface area contributed by atoms with Crippen LogP contribution in [0.5, 0.6) is 0 Å². The Kier molecular flexibility index (Phi) is 3.39. The average Bonchev–Trinajstić information content (AvgIpc) is 2.34. The Labute approximate surface area is 103 Å². The fraction of sp³-hybridized carbons (Fsp3) is 0.0909. The predicted octanol–water partition coefficient (Wildman–Crippen LogP) is 3.05. The van der Waals surface area contributed by atoms with Crippen molar-refractivity contribution in [3.63, 3.8) is 0 Å². The summed E-state index contributed by atoms with van der Waals surface area (Å²) in [7, 11) is 1.73. The van der Waals surface area contributed by atoms with Gasteiger partial charge in [-0.1, -0.05) is 11.6 Å². The van der Waals surface area contributed by atoms with Crippen molar-refractivity contribution < 1.29 is 4.39 Å². The Morgan fingerprint density at radius 1 is 1.24 bits per heavy atom. The third kappa shape index (κ3) is 2.82. The highest BCUT2D eigenvalue weighted by atomic mass is 35.5. The van der Waals surface area contributed by atoms with Crippen LogP contribution in [-0.2, 0) is 0 Å². The molecule has 2 rings (SSSR count). The van der Waals surface area contributed by atoms with E-state index in [-0.39, 0.29) is 5.69 Å². The second kappa shape index (κ2) is 4.97. The van der Waals surface area contributed by atoms with E-state index in [1.165, 1.54) is 24.4 Å². The molecule has 0 amide bonds. The van der Waals surface area contributed by atoms with Crippen molar-refractivity contribution >= 4 is 28.9 Å². The van der Waals surface area contributed by atoms with Gasteiger partial charge in [-0.2, -0.15) is 0 Å². The van der Waals surface area contributed by atoms with Crippen molar-refractivity contribution in [3.05, 3.63) is 41.4 Å². The number of benzene rings is 1. The molecule has 17 heavy (non-hydrogen) atoms. The molecule has 0 aliphatic rings. The van der Waals surface area contributed by atoms with Crippen LogP contribution in [0.2, 0.25) is 5.02 Å². The average molecular weight is 253 g/mol. The summed E-state index contributed by atoms with van der Waals surface area (Å²) in [5, 5.41) is 6.11. The van der Waals surface area contributed by atoms with Gasteiger partial charge in [0.25, 0.3) is 0 Å². The molecule has 0 aliphatic heterocycles. The largest absolute Gasteiger partial charge is 0.372 e. The van der Waals surface area contributed by atoms with Gasteiger partial charge in [-0.3, -0.25) is 4.98 Å². The molecule has 0 bridgehead atoms. The molecule has 0 saturated heterocycles. The molecule has 1 heterocycles. The molecule has 88 valence electrons. The molecule has 6 heteroatoms. The second-order valence-electron chi connectivity index (χ2n) is 3.29. The summed E-state index contributed by atoms with van der Waals surface area (Å²) < 4.78 is 13.5. The van der Waals surface area contributed by atoms with Crippen molar-refractivity contribution in [1.82, 2.24) is 9.97 Å². The highest BCUT2D eigenvalue weighted by Gasteiger charge is 2.04. The smallest absolute Gasteiger partial charge is 0.151 e. The van der Waals surface area contributed by atoms with Gasteiger partial charge in [0.15, 0.2) is 5.82 Å². The van der Waals surface area contributed by atoms with Crippen LogP contribution in [0.3, 0.4) is 0 Å². The fourth-order valence-electron chi connectivity index (χ4n) is 1.28. The van der Waals surface area contributed by atoms with E-state index in [0.717, 1.165) is 0 Å². The summed E-state index contributed by atoms with van der Waals surface area (Å²) >= 11 is 5.79. The lowest BCUT2D eigenvalue weighted by molar-refractivity contribution is 0.632. The maximum absolute atomic E-state index is 13.5. The van der Waals surface area contributed by atoms with Crippen molar-refractivity contribution in [2.45, 2.75) is 0 Å². The van der Waals surface area contributed by atoms with Gasteiger partial charge in [0, 0.05) is 12.1 Å². The monoisotopic (exact) mass is 252 g/mol. The van der Waals surface area contributed by atoms with Crippen LogP contribution in [0.15, 0.2) is 30.6 Å². The van der Waals surface area contributed by atoms with Gasteiger partial charge < -0.3 is 10.6 Å². The first-order valence-corrected chi connectivity index (χ1v) is 5.28. The first kappa shape index (κ1) is 11.6. The lowest BCUT2D eigenvalue weighted by Crippen LogP contribution is -2.00. The van der Waals surface area contributed by atoms with Crippen LogP contribution in [-0.4, -0.2) is 17.0 Å². The maximum Gasteiger partial charge on any atom is 0.151 e. The number of halogens is 2. The number of nitrogens with one attached hydrogen (secondary N) is 2. The maximum atomic E-state index is 13.5. The third-order valence-corrected chi connectivity index (χ3v) is 2.32. The first-order chi connectivity index (χ1) is 8.19. The van der Waals surface area contributed by atoms with Crippen LogP contribution in [0.4, 0.5) is 21.7 Å². The zero-order valence-electron chi connectivity index (χ0n) is 9.04. The minimum atomic E-state index is -0.397. The van der Waals surface area contributed by atoms with Gasteiger partial charge in [0.05, 0.1) is 18.1 Å². The number of rotatable bonds is 3. The van der Waals surface area contributed by atoms with Gasteiger partial charge in [0.1, 0.15) is 11.6 Å². The lowest BCUT2D eigenvalue weighted by atomic mass is 10.3. The van der Waals surface area contributed by atoms with Crippen LogP contribution in [0, 0.1) is 5.82 Å². The zero-order valence-corrected chi connectivity index (χ0v) is 9.79. The molecule has 1 aromatic heterocycles. The van der Waals surface area contributed by atoms with Crippen molar-refractivity contribution in [2.75, 3.05) is 17.7 Å². The van der Waals surface area contributed by atoms with E-state index >= 15 is 0 Å². The van der Waals surface area contributed by atoms with Crippen molar-refractivity contribution in [3.8, 4) is 0 Å². The summed E-state index contributed by atoms with van der Waals surface area (Å²) in [5.41, 5.74) is 0.264. The van der Waals surface area contributed by atoms with E-state index in [4.69, 9.17) is 11.6 Å². The molecule has 2 N–H and O–H groups in total. The zero-order chi connectivity index (χ0) is 12.3. The van der Waals surface area contributed by atoms with E-state index in [9.17, 15) is 4.39 Å². The quantitative estimate of drug-likeness (QED) is 0.882. The van der Waals surface area contributed by atoms with Gasteiger partial charge in [-0.15, -0.1) is 0 Å². The van der Waals surface area contributed by atoms with E-state index in [1.807, 2.05) is 0 Å². The first-order valence-electron chi connectivity index (χ1n) is 4.91. The Bertz CT molecular complexity index is 533. The highest BCUT2D eigenvalue weighted by molar-refractivity contribution is 6.30. The standard InChI is InChI=1S/C11H10ClFN4/c1-14-10-5-15-6-11(17-10)16-9-4-7(12)2-3-8(9)13/h2-6H,1H3,(H2,14,16,17). The number of anilines is 3. The van der Waals surface area contributed by atoms with Gasteiger partial charge in [-0.05, 0) is 18.2 Å². The van der Waals surface area contributed by atoms with Crippen LogP contribution >= 0.6 is 11.6 Å². The van der Waals surface area contributed by atoms with Crippen LogP contribution in [0.1, 0.15) is 0 Å². The van der Waals surface area contributed by atoms with E-state index < -0.39 is 5.82 Å². The number of nitrogens with zero attached hydrogens (tertiary/aromatic N) is 2. The Morgan fingerprint density at radius 2 is 2.00 bits per heavy atom. The topological polar surface area (TPSA) is 49.8 Å². The van der Waals surface area contributed by atoms with Crippen molar-refractivity contribution in [1.29, 1.82) is 0 Å². The van der Waals surface area contributed by atoms with Crippen LogP contribution < -0.4 is 10.6 Å². The lowest BCUT2D eigenvalue weighted by Gasteiger charge is -2.07. The SMILES string of the molecule is CNc1cncc(Nc2cc(Cl)ccc2F)n1. The van der Waals surface area contributed by atoms with Gasteiger partial charge in [-0.25, -0.2) is 9.37 Å². The molecule has 0 saturated carbocycles. The number of hydrogen-bond donors (Lipinski definition) is 2. The van der Waals surface area contributed by atoms with Crippen LogP contribution in [0.25, 0.3) is 0 Å². The molecule has 4 nitrogen and oxygen atoms in total. The molecule has 0 fully saturated rings. The Hall–Kier alpha value is -1.88. The fourth-order valence-corrected chi connectivity index (χ4v) is 1.45. The van der Waals surface area contributed by atoms with Gasteiger partial charge >= 0.3 is 0 Å². The second-order valence-corrected chi connectivity index (χ2v) is 3.73. The number of hydrogen-bond acceptors (Lipinski definition) is 4. The summed E-state index contributed by atoms with van der Waals surface area (Å²) in [6.45, 7) is 0. The summed E-state index contributed by atoms with van der Waals surface area (Å²) in [6, 6.07) is 4.27. The molecule has 0 radical (unpaired) electrons. The highest BCUT2D eigenvalue weighted by Crippen LogP contribution is 2.22. The van der Waals surface area contributed by atoms with E-state index in [1.54, 1.807) is 13.2 Å². The minimum absolute atomic E-state index is 0.264. The summed E-state index contributed by atoms with van der Waals surface area (Å²) in [4.78, 5) is 8.12. The minimum Gasteiger partial charge on any atom is -0.372 e. The van der Waals surface area contributed by atoms with Crippen molar-refractivity contribution in [2.24, 2.45) is 0 Å². The Morgan fingerprint density at radius 3 is 2.76 bits per heavy atom. The molecule has 0 aliphatic carbocycles. The van der Waals surface area contributed by atoms with Gasteiger partial charge in [0.2, 0.25) is 0 Å². The molecular weight excluding hydrogens is 243 g/mol. The molecule has 1 aromatic carbocycles. The molecule has 0 atom stereocenters. The van der Waals surface area contributed by atoms with E-state index in [0.29, 0.717) is 16.7 Å². The molecule has 0 unspecified atom stereocenters. The predicted molar refractivity (Wildman–Crippen MR) is 66.3 cm³/mol. The molecule has 2 aromatic rings. The van der Waals surface area contributed by atoms with E-state index in [2.05, 4.69) is 20.6 Å². The third-order valence-electron chi connectivity index (χ3n) is 2.08. The molecule has 0 spiro atoms. The normalized spacial score (nSPS) is 10.1. The number of aromatic nitrogens is 2. The summed E-state index contributed by atoms with van der Waals surface area (Å²) in [6.07, 6.45) is 3.07. The molecular formula is C11H10ClFN4. The Balaban J connectivity index is 2.27. The summed E-state index contributed by atoms with van der Waals surface area (Å²) in [5.74, 6) is 0.640.